The van der Waals surface area contributed by atoms with Crippen molar-refractivity contribution in [2.24, 2.45) is 0 Å². The van der Waals surface area contributed by atoms with Gasteiger partial charge in [0.15, 0.2) is 0 Å². The van der Waals surface area contributed by atoms with Gasteiger partial charge in [-0.15, -0.1) is 0 Å². The lowest BCUT2D eigenvalue weighted by atomic mass is 9.76. The molecule has 0 amide bonds. The molecule has 0 aliphatic heterocycles. The average Bonchev–Trinajstić information content (AvgIpc) is 2.67. The first-order valence-electron chi connectivity index (χ1n) is 8.47. The summed E-state index contributed by atoms with van der Waals surface area (Å²) in [6.45, 7) is 0. The largest absolute Gasteiger partial charge is 0.457 e. The maximum Gasteiger partial charge on any atom is 0.135 e. The van der Waals surface area contributed by atoms with Crippen LogP contribution in [0, 0.1) is 0 Å². The van der Waals surface area contributed by atoms with Crippen LogP contribution in [0.4, 0.5) is 0 Å². The molecule has 0 radical (unpaired) electrons. The van der Waals surface area contributed by atoms with Crippen molar-refractivity contribution in [2.75, 3.05) is 0 Å². The Morgan fingerprint density at radius 3 is 1.76 bits per heavy atom. The summed E-state index contributed by atoms with van der Waals surface area (Å²) in [7, 11) is 0. The van der Waals surface area contributed by atoms with E-state index in [-0.39, 0.29) is 0 Å². The number of fused-ring (bicyclic) bond motifs is 4. The molecule has 0 fully saturated rings. The lowest BCUT2D eigenvalue weighted by molar-refractivity contribution is 0.484. The van der Waals surface area contributed by atoms with Crippen LogP contribution in [-0.2, 0) is 0 Å². The zero-order valence-electron chi connectivity index (χ0n) is 13.6. The lowest BCUT2D eigenvalue weighted by Crippen LogP contribution is -2.03. The highest BCUT2D eigenvalue weighted by Gasteiger charge is 2.29. The van der Waals surface area contributed by atoms with Crippen LogP contribution < -0.4 is 4.74 Å². The fourth-order valence-corrected chi connectivity index (χ4v) is 3.55. The van der Waals surface area contributed by atoms with Gasteiger partial charge < -0.3 is 4.74 Å². The monoisotopic (exact) mass is 320 g/mol. The zero-order chi connectivity index (χ0) is 16.6. The van der Waals surface area contributed by atoms with E-state index in [9.17, 15) is 0 Å². The Morgan fingerprint density at radius 2 is 1.04 bits per heavy atom. The summed E-state index contributed by atoms with van der Waals surface area (Å²) >= 11 is 0. The fraction of sp³-hybridized carbons (Fsp3) is 0. The Hall–Kier alpha value is -3.32. The van der Waals surface area contributed by atoms with E-state index in [1.807, 2.05) is 30.3 Å². The van der Waals surface area contributed by atoms with Crippen LogP contribution >= 0.6 is 0 Å². The molecule has 0 atom stereocenters. The smallest absolute Gasteiger partial charge is 0.135 e. The van der Waals surface area contributed by atoms with Crippen LogP contribution in [0.25, 0.3) is 33.4 Å². The second-order valence-corrected chi connectivity index (χ2v) is 6.19. The molecular formula is C24H16O. The van der Waals surface area contributed by atoms with E-state index in [4.69, 9.17) is 4.74 Å². The highest BCUT2D eigenvalue weighted by Crippen LogP contribution is 2.56. The Kier molecular flexibility index (Phi) is 3.17. The van der Waals surface area contributed by atoms with Gasteiger partial charge in [-0.25, -0.2) is 0 Å². The van der Waals surface area contributed by atoms with Crippen molar-refractivity contribution in [3.8, 4) is 44.9 Å². The molecule has 0 aromatic heterocycles. The molecule has 1 aliphatic rings. The number of hydrogen-bond donors (Lipinski definition) is 0. The second-order valence-electron chi connectivity index (χ2n) is 6.19. The van der Waals surface area contributed by atoms with Gasteiger partial charge in [0, 0.05) is 11.1 Å². The molecule has 0 bridgehead atoms. The van der Waals surface area contributed by atoms with E-state index in [0.29, 0.717) is 0 Å². The van der Waals surface area contributed by atoms with Crippen molar-refractivity contribution in [3.05, 3.63) is 97.1 Å². The summed E-state index contributed by atoms with van der Waals surface area (Å²) in [5.41, 5.74) is 7.56. The summed E-state index contributed by atoms with van der Waals surface area (Å²) in [5.74, 6) is 1.78. The minimum absolute atomic E-state index is 0.863. The molecule has 5 rings (SSSR count). The quantitative estimate of drug-likeness (QED) is 0.355. The molecule has 1 nitrogen and oxygen atoms in total. The molecule has 1 aliphatic carbocycles. The van der Waals surface area contributed by atoms with Crippen molar-refractivity contribution in [3.63, 3.8) is 0 Å². The van der Waals surface area contributed by atoms with Gasteiger partial charge in [-0.1, -0.05) is 78.9 Å². The fourth-order valence-electron chi connectivity index (χ4n) is 3.55. The van der Waals surface area contributed by atoms with Crippen LogP contribution in [0.3, 0.4) is 0 Å². The molecule has 0 N–H and O–H groups in total. The average molecular weight is 320 g/mol. The van der Waals surface area contributed by atoms with E-state index in [1.54, 1.807) is 0 Å². The number of benzene rings is 4. The molecule has 0 spiro atoms. The van der Waals surface area contributed by atoms with Crippen molar-refractivity contribution >= 4 is 0 Å². The van der Waals surface area contributed by atoms with Crippen LogP contribution in [0.5, 0.6) is 11.5 Å². The molecule has 0 saturated carbocycles. The molecule has 4 aromatic carbocycles. The van der Waals surface area contributed by atoms with Gasteiger partial charge in [-0.2, -0.15) is 0 Å². The van der Waals surface area contributed by atoms with E-state index in [2.05, 4.69) is 66.7 Å². The highest BCUT2D eigenvalue weighted by molar-refractivity contribution is 6.11. The number of para-hydroxylation sites is 1. The minimum Gasteiger partial charge on any atom is -0.457 e. The van der Waals surface area contributed by atoms with Crippen LogP contribution in [-0.4, -0.2) is 0 Å². The molecular weight excluding hydrogens is 304 g/mol. The van der Waals surface area contributed by atoms with Crippen molar-refractivity contribution in [1.82, 2.24) is 0 Å². The summed E-state index contributed by atoms with van der Waals surface area (Å²) in [4.78, 5) is 0. The van der Waals surface area contributed by atoms with Crippen molar-refractivity contribution in [2.45, 2.75) is 0 Å². The van der Waals surface area contributed by atoms with Gasteiger partial charge >= 0.3 is 0 Å². The Morgan fingerprint density at radius 1 is 0.440 bits per heavy atom. The SMILES string of the molecule is c1ccc(Oc2ccc(-c3ccccc3)c3c2-c2ccccc2-3)cc1. The molecule has 1 heteroatoms. The Bertz CT molecular complexity index is 1050. The van der Waals surface area contributed by atoms with E-state index < -0.39 is 0 Å². The van der Waals surface area contributed by atoms with Crippen LogP contribution in [0.15, 0.2) is 97.1 Å². The summed E-state index contributed by atoms with van der Waals surface area (Å²) in [6.07, 6.45) is 0. The third-order valence-corrected chi connectivity index (χ3v) is 4.69. The molecule has 0 saturated heterocycles. The van der Waals surface area contributed by atoms with Gasteiger partial charge in [-0.05, 0) is 40.5 Å². The maximum absolute atomic E-state index is 6.19. The molecule has 0 heterocycles. The molecule has 25 heavy (non-hydrogen) atoms. The zero-order valence-corrected chi connectivity index (χ0v) is 13.6. The summed E-state index contributed by atoms with van der Waals surface area (Å²) in [5, 5.41) is 0. The molecule has 118 valence electrons. The van der Waals surface area contributed by atoms with Gasteiger partial charge in [-0.3, -0.25) is 0 Å². The van der Waals surface area contributed by atoms with Gasteiger partial charge in [0.1, 0.15) is 11.5 Å². The normalized spacial score (nSPS) is 11.2. The van der Waals surface area contributed by atoms with Crippen LogP contribution in [0.1, 0.15) is 0 Å². The van der Waals surface area contributed by atoms with Crippen molar-refractivity contribution in [1.29, 1.82) is 0 Å². The number of hydrogen-bond acceptors (Lipinski definition) is 1. The van der Waals surface area contributed by atoms with Gasteiger partial charge in [0.25, 0.3) is 0 Å². The highest BCUT2D eigenvalue weighted by atomic mass is 16.5. The molecule has 4 aromatic rings. The first-order chi connectivity index (χ1) is 12.4. The van der Waals surface area contributed by atoms with Crippen molar-refractivity contribution < 1.29 is 4.74 Å². The first kappa shape index (κ1) is 14.1. The lowest BCUT2D eigenvalue weighted by Gasteiger charge is -2.29. The number of ether oxygens (including phenoxy) is 1. The predicted octanol–water partition coefficient (Wildman–Crippen LogP) is 6.79. The standard InChI is InChI=1S/C24H16O/c1-3-9-17(10-4-1)19-15-16-22(25-18-11-5-2-6-12-18)24-21-14-8-7-13-20(21)23(19)24/h1-16H. The predicted molar refractivity (Wildman–Crippen MR) is 103 cm³/mol. The summed E-state index contributed by atoms with van der Waals surface area (Å²) in [6, 6.07) is 33.3. The van der Waals surface area contributed by atoms with E-state index >= 15 is 0 Å². The van der Waals surface area contributed by atoms with Crippen LogP contribution in [0.2, 0.25) is 0 Å². The molecule has 0 unspecified atom stereocenters. The Labute approximate surface area is 147 Å². The van der Waals surface area contributed by atoms with E-state index in [0.717, 1.165) is 11.5 Å². The third-order valence-electron chi connectivity index (χ3n) is 4.69. The van der Waals surface area contributed by atoms with E-state index in [1.165, 1.54) is 33.4 Å². The maximum atomic E-state index is 6.19. The summed E-state index contributed by atoms with van der Waals surface area (Å²) < 4.78 is 6.19. The topological polar surface area (TPSA) is 9.23 Å². The number of rotatable bonds is 3. The second kappa shape index (κ2) is 5.64. The first-order valence-corrected chi connectivity index (χ1v) is 8.47. The Balaban J connectivity index is 1.68. The minimum atomic E-state index is 0.863. The third kappa shape index (κ3) is 2.25. The van der Waals surface area contributed by atoms with Gasteiger partial charge in [0.2, 0.25) is 0 Å². The van der Waals surface area contributed by atoms with Gasteiger partial charge in [0.05, 0.1) is 0 Å².